The van der Waals surface area contributed by atoms with Crippen molar-refractivity contribution in [3.05, 3.63) is 65.0 Å². The van der Waals surface area contributed by atoms with E-state index < -0.39 is 0 Å². The molecule has 3 aromatic rings. The fraction of sp³-hybridized carbons (Fsp3) is 0.300. The number of ketones is 1. The molecule has 3 nitrogen and oxygen atoms in total. The minimum Gasteiger partial charge on any atom is -0.294 e. The minimum absolute atomic E-state index is 0.0212. The van der Waals surface area contributed by atoms with Gasteiger partial charge in [0.15, 0.2) is 5.78 Å². The van der Waals surface area contributed by atoms with E-state index in [1.54, 1.807) is 0 Å². The van der Waals surface area contributed by atoms with Crippen molar-refractivity contribution >= 4 is 16.6 Å². The van der Waals surface area contributed by atoms with Crippen molar-refractivity contribution in [2.45, 2.75) is 33.1 Å². The summed E-state index contributed by atoms with van der Waals surface area (Å²) in [5, 5.41) is 10.0. The molecule has 0 fully saturated rings. The molecular formula is C20H20N2O. The molecule has 1 aromatic heterocycles. The lowest BCUT2D eigenvalue weighted by Gasteiger charge is -2.28. The molecule has 0 saturated heterocycles. The zero-order chi connectivity index (χ0) is 16.0. The van der Waals surface area contributed by atoms with Crippen molar-refractivity contribution in [2.75, 3.05) is 0 Å². The second kappa shape index (κ2) is 5.05. The predicted octanol–water partition coefficient (Wildman–Crippen LogP) is 4.31. The number of aromatic amines is 1. The zero-order valence-electron chi connectivity index (χ0n) is 13.5. The number of nitrogens with zero attached hydrogens (tertiary/aromatic N) is 1. The maximum Gasteiger partial charge on any atom is 0.167 e. The highest BCUT2D eigenvalue weighted by atomic mass is 16.1. The van der Waals surface area contributed by atoms with Gasteiger partial charge in [-0.3, -0.25) is 9.89 Å². The van der Waals surface area contributed by atoms with Crippen LogP contribution in [0.2, 0.25) is 0 Å². The highest BCUT2D eigenvalue weighted by molar-refractivity contribution is 6.00. The van der Waals surface area contributed by atoms with E-state index in [9.17, 15) is 4.79 Å². The number of carbonyl (C=O) groups excluding carboxylic acids is 1. The average molecular weight is 304 g/mol. The monoisotopic (exact) mass is 304 g/mol. The van der Waals surface area contributed by atoms with Gasteiger partial charge in [-0.05, 0) is 28.2 Å². The third-order valence-corrected chi connectivity index (χ3v) is 4.73. The molecule has 0 atom stereocenters. The lowest BCUT2D eigenvalue weighted by atomic mass is 9.75. The van der Waals surface area contributed by atoms with Gasteiger partial charge < -0.3 is 0 Å². The summed E-state index contributed by atoms with van der Waals surface area (Å²) in [5.41, 5.74) is 3.96. The Kier molecular flexibility index (Phi) is 3.12. The molecule has 1 N–H and O–H groups in total. The maximum absolute atomic E-state index is 12.6. The Morgan fingerprint density at radius 2 is 1.87 bits per heavy atom. The Balaban J connectivity index is 1.76. The smallest absolute Gasteiger partial charge is 0.167 e. The van der Waals surface area contributed by atoms with Crippen LogP contribution in [0.3, 0.4) is 0 Å². The average Bonchev–Trinajstić information content (AvgIpc) is 2.89. The lowest BCUT2D eigenvalue weighted by Crippen LogP contribution is -2.27. The molecule has 1 heterocycles. The number of H-pyrrole nitrogens is 1. The normalized spacial score (nSPS) is 16.5. The highest BCUT2D eigenvalue weighted by Crippen LogP contribution is 2.35. The third-order valence-electron chi connectivity index (χ3n) is 4.73. The van der Waals surface area contributed by atoms with Crippen LogP contribution in [0, 0.1) is 5.41 Å². The van der Waals surface area contributed by atoms with Gasteiger partial charge in [0, 0.05) is 18.5 Å². The summed E-state index contributed by atoms with van der Waals surface area (Å²) in [7, 11) is 0. The predicted molar refractivity (Wildman–Crippen MR) is 91.8 cm³/mol. The summed E-state index contributed by atoms with van der Waals surface area (Å²) in [5.74, 6) is 0.222. The molecule has 116 valence electrons. The van der Waals surface area contributed by atoms with E-state index in [1.807, 2.05) is 6.07 Å². The van der Waals surface area contributed by atoms with Gasteiger partial charge in [0.1, 0.15) is 0 Å². The van der Waals surface area contributed by atoms with E-state index in [0.29, 0.717) is 12.8 Å². The van der Waals surface area contributed by atoms with Crippen molar-refractivity contribution in [1.82, 2.24) is 10.2 Å². The summed E-state index contributed by atoms with van der Waals surface area (Å²) < 4.78 is 0. The zero-order valence-corrected chi connectivity index (χ0v) is 13.5. The fourth-order valence-corrected chi connectivity index (χ4v) is 3.70. The molecule has 4 rings (SSSR count). The maximum atomic E-state index is 12.6. The number of fused-ring (bicyclic) bond motifs is 2. The van der Waals surface area contributed by atoms with Crippen molar-refractivity contribution in [3.8, 4) is 0 Å². The Hall–Kier alpha value is -2.42. The Morgan fingerprint density at radius 3 is 2.74 bits per heavy atom. The summed E-state index contributed by atoms with van der Waals surface area (Å²) in [6.07, 6.45) is 2.18. The molecule has 0 unspecified atom stereocenters. The lowest BCUT2D eigenvalue weighted by molar-refractivity contribution is 0.0911. The summed E-state index contributed by atoms with van der Waals surface area (Å²) in [6, 6.07) is 14.7. The first kappa shape index (κ1) is 14.2. The van der Waals surface area contributed by atoms with Gasteiger partial charge in [0.05, 0.1) is 11.3 Å². The second-order valence-corrected chi connectivity index (χ2v) is 7.28. The topological polar surface area (TPSA) is 45.8 Å². The minimum atomic E-state index is 0.0212. The van der Waals surface area contributed by atoms with Crippen LogP contribution in [0.25, 0.3) is 10.8 Å². The molecule has 0 saturated carbocycles. The van der Waals surface area contributed by atoms with Crippen LogP contribution in [0.4, 0.5) is 0 Å². The van der Waals surface area contributed by atoms with E-state index >= 15 is 0 Å². The SMILES string of the molecule is CC1(C)CC(=O)c2c(Cc3cccc4ccccc34)n[nH]c2C1. The first-order chi connectivity index (χ1) is 11.0. The van der Waals surface area contributed by atoms with Crippen LogP contribution in [0.1, 0.15) is 47.6 Å². The standard InChI is InChI=1S/C20H20N2O/c1-20(2)11-17-19(18(23)12-20)16(21-22-17)10-14-8-5-7-13-6-3-4-9-15(13)14/h3-9H,10-12H2,1-2H3,(H,21,22). The molecule has 0 radical (unpaired) electrons. The number of carbonyl (C=O) groups is 1. The number of rotatable bonds is 2. The van der Waals surface area contributed by atoms with E-state index in [-0.39, 0.29) is 11.2 Å². The largest absolute Gasteiger partial charge is 0.294 e. The van der Waals surface area contributed by atoms with Crippen molar-refractivity contribution in [1.29, 1.82) is 0 Å². The number of hydrogen-bond donors (Lipinski definition) is 1. The number of Topliss-reactive ketones (excluding diaryl/α,β-unsaturated/α-hetero) is 1. The van der Waals surface area contributed by atoms with Gasteiger partial charge in [0.25, 0.3) is 0 Å². The van der Waals surface area contributed by atoms with Crippen LogP contribution in [-0.2, 0) is 12.8 Å². The van der Waals surface area contributed by atoms with E-state index in [2.05, 4.69) is 60.4 Å². The van der Waals surface area contributed by atoms with Crippen LogP contribution in [0.5, 0.6) is 0 Å². The Labute approximate surface area is 135 Å². The molecule has 0 amide bonds. The van der Waals surface area contributed by atoms with Crippen LogP contribution < -0.4 is 0 Å². The Bertz CT molecular complexity index is 900. The van der Waals surface area contributed by atoms with E-state index in [0.717, 1.165) is 23.4 Å². The molecule has 1 aliphatic carbocycles. The number of nitrogens with one attached hydrogen (secondary N) is 1. The summed E-state index contributed by atoms with van der Waals surface area (Å²) in [4.78, 5) is 12.6. The molecule has 23 heavy (non-hydrogen) atoms. The molecule has 3 heteroatoms. The van der Waals surface area contributed by atoms with Crippen molar-refractivity contribution in [3.63, 3.8) is 0 Å². The molecule has 0 aliphatic heterocycles. The first-order valence-electron chi connectivity index (χ1n) is 8.09. The van der Waals surface area contributed by atoms with Gasteiger partial charge in [-0.15, -0.1) is 0 Å². The molecule has 0 spiro atoms. The highest BCUT2D eigenvalue weighted by Gasteiger charge is 2.34. The summed E-state index contributed by atoms with van der Waals surface area (Å²) >= 11 is 0. The fourth-order valence-electron chi connectivity index (χ4n) is 3.70. The van der Waals surface area contributed by atoms with E-state index in [4.69, 9.17) is 0 Å². The van der Waals surface area contributed by atoms with Gasteiger partial charge in [-0.25, -0.2) is 0 Å². The Morgan fingerprint density at radius 1 is 1.09 bits per heavy atom. The third kappa shape index (κ3) is 2.46. The van der Waals surface area contributed by atoms with Crippen molar-refractivity contribution < 1.29 is 4.79 Å². The van der Waals surface area contributed by atoms with Crippen LogP contribution in [-0.4, -0.2) is 16.0 Å². The van der Waals surface area contributed by atoms with Gasteiger partial charge >= 0.3 is 0 Å². The number of aromatic nitrogens is 2. The summed E-state index contributed by atoms with van der Waals surface area (Å²) in [6.45, 7) is 4.28. The second-order valence-electron chi connectivity index (χ2n) is 7.28. The molecule has 2 aromatic carbocycles. The quantitative estimate of drug-likeness (QED) is 0.767. The van der Waals surface area contributed by atoms with Crippen molar-refractivity contribution in [2.24, 2.45) is 5.41 Å². The van der Waals surface area contributed by atoms with Crippen LogP contribution in [0.15, 0.2) is 42.5 Å². The van der Waals surface area contributed by atoms with E-state index in [1.165, 1.54) is 16.3 Å². The molecule has 1 aliphatic rings. The van der Waals surface area contributed by atoms with Crippen LogP contribution >= 0.6 is 0 Å². The molecule has 0 bridgehead atoms. The number of benzene rings is 2. The van der Waals surface area contributed by atoms with Gasteiger partial charge in [-0.2, -0.15) is 5.10 Å². The molecular weight excluding hydrogens is 284 g/mol. The van der Waals surface area contributed by atoms with Gasteiger partial charge in [-0.1, -0.05) is 56.3 Å². The number of hydrogen-bond acceptors (Lipinski definition) is 2. The van der Waals surface area contributed by atoms with Gasteiger partial charge in [0.2, 0.25) is 0 Å². The first-order valence-corrected chi connectivity index (χ1v) is 8.09.